The molecule has 0 unspecified atom stereocenters. The van der Waals surface area contributed by atoms with Gasteiger partial charge in [0, 0.05) is 13.8 Å². The van der Waals surface area contributed by atoms with Crippen LogP contribution in [0.2, 0.25) is 0 Å². The molecular weight excluding hydrogens is 438 g/mol. The average Bonchev–Trinajstić information content (AvgIpc) is 2.16. The second-order valence-electron chi connectivity index (χ2n) is 2.87. The van der Waals surface area contributed by atoms with Crippen molar-refractivity contribution in [3.8, 4) is 11.5 Å². The summed E-state index contributed by atoms with van der Waals surface area (Å²) in [6.45, 7) is 2.60. The number of hydrogen-bond acceptors (Lipinski definition) is 4. The van der Waals surface area contributed by atoms with Crippen molar-refractivity contribution in [3.63, 3.8) is 0 Å². The lowest BCUT2D eigenvalue weighted by molar-refractivity contribution is -0.134. The number of benzene rings is 1. The van der Waals surface area contributed by atoms with Crippen LogP contribution in [0.1, 0.15) is 13.8 Å². The topological polar surface area (TPSA) is 52.6 Å². The summed E-state index contributed by atoms with van der Waals surface area (Å²) < 4.78 is 11.5. The molecule has 0 spiro atoms. The van der Waals surface area contributed by atoms with E-state index in [0.717, 1.165) is 0 Å². The normalized spacial score (nSPS) is 9.75. The van der Waals surface area contributed by atoms with Gasteiger partial charge in [0.15, 0.2) is 11.5 Å². The van der Waals surface area contributed by atoms with Crippen molar-refractivity contribution in [1.29, 1.82) is 0 Å². The third-order valence-electron chi connectivity index (χ3n) is 1.51. The minimum atomic E-state index is -0.451. The quantitative estimate of drug-likeness (QED) is 0.399. The Morgan fingerprint density at radius 2 is 1.25 bits per heavy atom. The third kappa shape index (κ3) is 3.58. The first-order valence-electron chi connectivity index (χ1n) is 4.26. The Morgan fingerprint density at radius 1 is 0.938 bits per heavy atom. The van der Waals surface area contributed by atoms with Gasteiger partial charge in [0.2, 0.25) is 0 Å². The second kappa shape index (κ2) is 5.80. The number of ether oxygens (including phenoxy) is 2. The van der Waals surface area contributed by atoms with Crippen LogP contribution in [0.25, 0.3) is 0 Å². The summed E-state index contributed by atoms with van der Waals surface area (Å²) >= 11 is 4.02. The zero-order chi connectivity index (χ0) is 12.3. The van der Waals surface area contributed by atoms with E-state index in [1.165, 1.54) is 13.8 Å². The Labute approximate surface area is 120 Å². The molecule has 0 bridgehead atoms. The Balaban J connectivity index is 3.24. The van der Waals surface area contributed by atoms with Crippen LogP contribution in [0.3, 0.4) is 0 Å². The molecular formula is C10H8I2O4. The van der Waals surface area contributed by atoms with Crippen molar-refractivity contribution in [1.82, 2.24) is 0 Å². The van der Waals surface area contributed by atoms with E-state index >= 15 is 0 Å². The number of carbonyl (C=O) groups excluding carboxylic acids is 2. The second-order valence-corrected chi connectivity index (χ2v) is 5.20. The van der Waals surface area contributed by atoms with E-state index in [9.17, 15) is 9.59 Å². The molecule has 6 heteroatoms. The number of esters is 2. The highest BCUT2D eigenvalue weighted by atomic mass is 127. The SMILES string of the molecule is CC(=O)Oc1c(I)ccc(I)c1OC(C)=O. The van der Waals surface area contributed by atoms with Gasteiger partial charge in [0.25, 0.3) is 0 Å². The molecule has 0 radical (unpaired) electrons. The van der Waals surface area contributed by atoms with E-state index in [-0.39, 0.29) is 11.5 Å². The lowest BCUT2D eigenvalue weighted by atomic mass is 10.3. The summed E-state index contributed by atoms with van der Waals surface area (Å²) in [6, 6.07) is 3.57. The summed E-state index contributed by atoms with van der Waals surface area (Å²) in [5, 5.41) is 0. The van der Waals surface area contributed by atoms with Crippen molar-refractivity contribution in [2.75, 3.05) is 0 Å². The van der Waals surface area contributed by atoms with Crippen LogP contribution >= 0.6 is 45.2 Å². The molecule has 0 atom stereocenters. The van der Waals surface area contributed by atoms with Crippen molar-refractivity contribution < 1.29 is 19.1 Å². The lowest BCUT2D eigenvalue weighted by Crippen LogP contribution is -2.09. The van der Waals surface area contributed by atoms with E-state index < -0.39 is 11.9 Å². The van der Waals surface area contributed by atoms with Crippen molar-refractivity contribution in [2.45, 2.75) is 13.8 Å². The number of hydrogen-bond donors (Lipinski definition) is 0. The van der Waals surface area contributed by atoms with E-state index in [1.807, 2.05) is 45.2 Å². The van der Waals surface area contributed by atoms with Crippen LogP contribution in [-0.4, -0.2) is 11.9 Å². The van der Waals surface area contributed by atoms with Crippen LogP contribution in [0, 0.1) is 7.14 Å². The van der Waals surface area contributed by atoms with Crippen molar-refractivity contribution >= 4 is 57.1 Å². The van der Waals surface area contributed by atoms with Gasteiger partial charge < -0.3 is 9.47 Å². The van der Waals surface area contributed by atoms with Crippen molar-refractivity contribution in [2.24, 2.45) is 0 Å². The van der Waals surface area contributed by atoms with Crippen LogP contribution in [0.15, 0.2) is 12.1 Å². The molecule has 1 aromatic rings. The summed E-state index contributed by atoms with van der Waals surface area (Å²) in [6.07, 6.45) is 0. The van der Waals surface area contributed by atoms with E-state index in [2.05, 4.69) is 0 Å². The molecule has 0 heterocycles. The third-order valence-corrected chi connectivity index (χ3v) is 3.21. The first-order chi connectivity index (χ1) is 7.41. The predicted molar refractivity (Wildman–Crippen MR) is 74.5 cm³/mol. The van der Waals surface area contributed by atoms with Gasteiger partial charge in [0.1, 0.15) is 0 Å². The van der Waals surface area contributed by atoms with E-state index in [0.29, 0.717) is 7.14 Å². The largest absolute Gasteiger partial charge is 0.422 e. The molecule has 0 amide bonds. The number of halogens is 2. The monoisotopic (exact) mass is 446 g/mol. The predicted octanol–water partition coefficient (Wildman–Crippen LogP) is 2.75. The highest BCUT2D eigenvalue weighted by molar-refractivity contribution is 14.1. The minimum absolute atomic E-state index is 0.287. The lowest BCUT2D eigenvalue weighted by Gasteiger charge is -2.11. The van der Waals surface area contributed by atoms with Gasteiger partial charge in [-0.05, 0) is 57.3 Å². The minimum Gasteiger partial charge on any atom is -0.422 e. The molecule has 0 aliphatic rings. The maximum absolute atomic E-state index is 10.9. The van der Waals surface area contributed by atoms with Gasteiger partial charge in [-0.15, -0.1) is 0 Å². The molecule has 1 rings (SSSR count). The van der Waals surface area contributed by atoms with Crippen LogP contribution < -0.4 is 9.47 Å². The van der Waals surface area contributed by atoms with Gasteiger partial charge in [-0.3, -0.25) is 9.59 Å². The van der Waals surface area contributed by atoms with Crippen LogP contribution in [-0.2, 0) is 9.59 Å². The van der Waals surface area contributed by atoms with Gasteiger partial charge in [-0.1, -0.05) is 0 Å². The van der Waals surface area contributed by atoms with Crippen LogP contribution in [0.5, 0.6) is 11.5 Å². The first kappa shape index (κ1) is 13.7. The molecule has 0 fully saturated rings. The molecule has 0 aromatic heterocycles. The highest BCUT2D eigenvalue weighted by Crippen LogP contribution is 2.37. The molecule has 4 nitrogen and oxygen atoms in total. The maximum atomic E-state index is 10.9. The highest BCUT2D eigenvalue weighted by Gasteiger charge is 2.17. The number of rotatable bonds is 2. The number of carbonyl (C=O) groups is 2. The molecule has 0 saturated carbocycles. The summed E-state index contributed by atoms with van der Waals surface area (Å²) in [7, 11) is 0. The standard InChI is InChI=1S/C10H8I2O4/c1-5(13)15-9-7(11)3-4-8(12)10(9)16-6(2)14/h3-4H,1-2H3. The molecule has 0 saturated heterocycles. The zero-order valence-electron chi connectivity index (χ0n) is 8.54. The molecule has 16 heavy (non-hydrogen) atoms. The smallest absolute Gasteiger partial charge is 0.308 e. The average molecular weight is 446 g/mol. The Bertz CT molecular complexity index is 402. The van der Waals surface area contributed by atoms with Gasteiger partial charge in [-0.2, -0.15) is 0 Å². The summed E-state index contributed by atoms with van der Waals surface area (Å²) in [5.74, 6) is -0.327. The Kier molecular flexibility index (Phi) is 4.96. The Hall–Kier alpha value is -0.380. The van der Waals surface area contributed by atoms with Gasteiger partial charge in [0.05, 0.1) is 7.14 Å². The fourth-order valence-corrected chi connectivity index (χ4v) is 2.06. The van der Waals surface area contributed by atoms with Crippen molar-refractivity contribution in [3.05, 3.63) is 19.3 Å². The summed E-state index contributed by atoms with van der Waals surface area (Å²) in [5.41, 5.74) is 0. The van der Waals surface area contributed by atoms with Gasteiger partial charge >= 0.3 is 11.9 Å². The van der Waals surface area contributed by atoms with E-state index in [1.54, 1.807) is 12.1 Å². The van der Waals surface area contributed by atoms with E-state index in [4.69, 9.17) is 9.47 Å². The fraction of sp³-hybridized carbons (Fsp3) is 0.200. The Morgan fingerprint density at radius 3 is 1.50 bits per heavy atom. The van der Waals surface area contributed by atoms with Crippen LogP contribution in [0.4, 0.5) is 0 Å². The molecule has 0 aliphatic heterocycles. The van der Waals surface area contributed by atoms with Gasteiger partial charge in [-0.25, -0.2) is 0 Å². The first-order valence-corrected chi connectivity index (χ1v) is 6.42. The molecule has 1 aromatic carbocycles. The summed E-state index contributed by atoms with van der Waals surface area (Å²) in [4.78, 5) is 21.9. The molecule has 0 aliphatic carbocycles. The zero-order valence-corrected chi connectivity index (χ0v) is 12.9. The molecule has 0 N–H and O–H groups in total. The molecule has 86 valence electrons. The fourth-order valence-electron chi connectivity index (χ4n) is 0.992. The maximum Gasteiger partial charge on any atom is 0.308 e.